The van der Waals surface area contributed by atoms with Crippen LogP contribution in [0.5, 0.6) is 11.5 Å². The van der Waals surface area contributed by atoms with Gasteiger partial charge in [0.2, 0.25) is 0 Å². The molecule has 6 heteroatoms. The van der Waals surface area contributed by atoms with Crippen LogP contribution in [0.15, 0.2) is 78.0 Å². The van der Waals surface area contributed by atoms with Crippen LogP contribution in [0.3, 0.4) is 0 Å². The number of Topliss-reactive ketones (excluding diaryl/α,β-unsaturated/α-hetero) is 1. The maximum atomic E-state index is 13.5. The molecule has 5 nitrogen and oxygen atoms in total. The Kier molecular flexibility index (Phi) is 6.67. The summed E-state index contributed by atoms with van der Waals surface area (Å²) in [4.78, 5) is 13.5. The molecule has 186 valence electrons. The molecule has 3 aromatic rings. The normalized spacial score (nSPS) is 18.3. The summed E-state index contributed by atoms with van der Waals surface area (Å²) >= 11 is 6.01. The summed E-state index contributed by atoms with van der Waals surface area (Å²) < 4.78 is 12.1. The second-order valence-electron chi connectivity index (χ2n) is 10.1. The number of hydrogen-bond donors (Lipinski definition) is 2. The third-order valence-corrected chi connectivity index (χ3v) is 6.88. The largest absolute Gasteiger partial charge is 0.490 e. The molecule has 0 amide bonds. The van der Waals surface area contributed by atoms with Crippen LogP contribution in [0.25, 0.3) is 0 Å². The topological polar surface area (TPSA) is 59.6 Å². The van der Waals surface area contributed by atoms with Crippen molar-refractivity contribution in [2.75, 3.05) is 17.2 Å². The molecule has 0 spiro atoms. The van der Waals surface area contributed by atoms with Gasteiger partial charge in [-0.1, -0.05) is 55.8 Å². The Bertz CT molecular complexity index is 1310. The summed E-state index contributed by atoms with van der Waals surface area (Å²) in [5.41, 5.74) is 5.60. The second-order valence-corrected chi connectivity index (χ2v) is 10.6. The molecular formula is C30H31ClN2O3. The van der Waals surface area contributed by atoms with Crippen molar-refractivity contribution in [2.24, 2.45) is 5.41 Å². The maximum absolute atomic E-state index is 13.5. The SMILES string of the molecule is CCOc1cc([C@H]2Nc3ccccc3NC3=C2C(=O)CC(C)(C)C3)ccc1OCc1ccc(Cl)cc1. The minimum absolute atomic E-state index is 0.0946. The lowest BCUT2D eigenvalue weighted by molar-refractivity contribution is -0.118. The van der Waals surface area contributed by atoms with E-state index in [1.165, 1.54) is 0 Å². The predicted octanol–water partition coefficient (Wildman–Crippen LogP) is 7.54. The van der Waals surface area contributed by atoms with Crippen LogP contribution in [-0.4, -0.2) is 12.4 Å². The van der Waals surface area contributed by atoms with Crippen molar-refractivity contribution in [1.82, 2.24) is 0 Å². The monoisotopic (exact) mass is 502 g/mol. The predicted molar refractivity (Wildman–Crippen MR) is 145 cm³/mol. The number of rotatable bonds is 6. The van der Waals surface area contributed by atoms with Crippen molar-refractivity contribution < 1.29 is 14.3 Å². The third-order valence-electron chi connectivity index (χ3n) is 6.63. The van der Waals surface area contributed by atoms with Crippen LogP contribution < -0.4 is 20.1 Å². The molecule has 0 bridgehead atoms. The molecule has 3 aromatic carbocycles. The highest BCUT2D eigenvalue weighted by Gasteiger charge is 2.38. The standard InChI is InChI=1S/C30H31ClN2O3/c1-4-35-27-15-20(11-14-26(27)36-18-19-9-12-21(31)13-10-19)29-28-24(16-30(2,3)17-25(28)34)32-22-7-5-6-8-23(22)33-29/h5-15,29,32-33H,4,16-18H2,1-3H3/t29-/m1/s1. The summed E-state index contributed by atoms with van der Waals surface area (Å²) in [5, 5.41) is 7.90. The molecule has 0 saturated heterocycles. The summed E-state index contributed by atoms with van der Waals surface area (Å²) in [6.45, 7) is 7.15. The molecule has 5 rings (SSSR count). The van der Waals surface area contributed by atoms with Gasteiger partial charge in [0.15, 0.2) is 17.3 Å². The van der Waals surface area contributed by atoms with Gasteiger partial charge in [0.25, 0.3) is 0 Å². The zero-order valence-corrected chi connectivity index (χ0v) is 21.6. The molecule has 36 heavy (non-hydrogen) atoms. The average Bonchev–Trinajstić information content (AvgIpc) is 3.00. The lowest BCUT2D eigenvalue weighted by Gasteiger charge is -2.34. The molecular weight excluding hydrogens is 472 g/mol. The smallest absolute Gasteiger partial charge is 0.163 e. The van der Waals surface area contributed by atoms with Crippen LogP contribution >= 0.6 is 11.6 Å². The van der Waals surface area contributed by atoms with E-state index in [0.717, 1.165) is 40.2 Å². The zero-order valence-electron chi connectivity index (χ0n) is 20.9. The molecule has 2 N–H and O–H groups in total. The van der Waals surface area contributed by atoms with Gasteiger partial charge in [-0.25, -0.2) is 0 Å². The molecule has 0 radical (unpaired) electrons. The number of fused-ring (bicyclic) bond motifs is 1. The van der Waals surface area contributed by atoms with Crippen LogP contribution in [0.4, 0.5) is 11.4 Å². The fourth-order valence-corrected chi connectivity index (χ4v) is 5.10. The Balaban J connectivity index is 1.51. The highest BCUT2D eigenvalue weighted by atomic mass is 35.5. The van der Waals surface area contributed by atoms with E-state index in [2.05, 4.69) is 24.5 Å². The lowest BCUT2D eigenvalue weighted by atomic mass is 9.73. The van der Waals surface area contributed by atoms with Crippen molar-refractivity contribution in [3.63, 3.8) is 0 Å². The molecule has 0 fully saturated rings. The van der Waals surface area contributed by atoms with E-state index in [4.69, 9.17) is 21.1 Å². The number of anilines is 2. The van der Waals surface area contributed by atoms with Gasteiger partial charge in [0.05, 0.1) is 24.0 Å². The second kappa shape index (κ2) is 9.90. The number of carbonyl (C=O) groups excluding carboxylic acids is 1. The number of allylic oxidation sites excluding steroid dienone is 1. The zero-order chi connectivity index (χ0) is 25.3. The number of carbonyl (C=O) groups is 1. The molecule has 1 atom stereocenters. The number of ether oxygens (including phenoxy) is 2. The van der Waals surface area contributed by atoms with Crippen molar-refractivity contribution in [3.8, 4) is 11.5 Å². The van der Waals surface area contributed by atoms with E-state index < -0.39 is 0 Å². The first-order chi connectivity index (χ1) is 17.3. The molecule has 1 aliphatic heterocycles. The number of nitrogens with one attached hydrogen (secondary N) is 2. The Hall–Kier alpha value is -3.44. The highest BCUT2D eigenvalue weighted by molar-refractivity contribution is 6.30. The minimum Gasteiger partial charge on any atom is -0.490 e. The van der Waals surface area contributed by atoms with E-state index in [1.54, 1.807) is 0 Å². The first kappa shape index (κ1) is 24.3. The molecule has 2 aliphatic rings. The van der Waals surface area contributed by atoms with Crippen LogP contribution in [0, 0.1) is 5.41 Å². The Morgan fingerprint density at radius 1 is 0.944 bits per heavy atom. The van der Waals surface area contributed by atoms with Crippen molar-refractivity contribution in [2.45, 2.75) is 46.3 Å². The van der Waals surface area contributed by atoms with Gasteiger partial charge in [0.1, 0.15) is 6.61 Å². The number of benzene rings is 3. The van der Waals surface area contributed by atoms with E-state index in [1.807, 2.05) is 73.7 Å². The van der Waals surface area contributed by atoms with E-state index >= 15 is 0 Å². The highest BCUT2D eigenvalue weighted by Crippen LogP contribution is 2.46. The number of para-hydroxylation sites is 2. The van der Waals surface area contributed by atoms with E-state index in [-0.39, 0.29) is 17.2 Å². The van der Waals surface area contributed by atoms with Gasteiger partial charge in [0, 0.05) is 22.7 Å². The van der Waals surface area contributed by atoms with Gasteiger partial charge < -0.3 is 20.1 Å². The molecule has 0 aromatic heterocycles. The minimum atomic E-state index is -0.302. The average molecular weight is 503 g/mol. The molecule has 1 heterocycles. The number of hydrogen-bond acceptors (Lipinski definition) is 5. The molecule has 1 aliphatic carbocycles. The van der Waals surface area contributed by atoms with Crippen molar-refractivity contribution in [3.05, 3.63) is 94.1 Å². The van der Waals surface area contributed by atoms with E-state index in [9.17, 15) is 4.79 Å². The first-order valence-corrected chi connectivity index (χ1v) is 12.7. The quantitative estimate of drug-likeness (QED) is 0.364. The summed E-state index contributed by atoms with van der Waals surface area (Å²) in [6.07, 6.45) is 1.32. The Morgan fingerprint density at radius 2 is 1.69 bits per heavy atom. The molecule has 0 unspecified atom stereocenters. The van der Waals surface area contributed by atoms with Crippen LogP contribution in [0.1, 0.15) is 50.8 Å². The van der Waals surface area contributed by atoms with Gasteiger partial charge in [-0.2, -0.15) is 0 Å². The lowest BCUT2D eigenvalue weighted by Crippen LogP contribution is -2.31. The van der Waals surface area contributed by atoms with E-state index in [0.29, 0.717) is 36.2 Å². The fourth-order valence-electron chi connectivity index (χ4n) is 4.97. The van der Waals surface area contributed by atoms with Crippen molar-refractivity contribution >= 4 is 28.8 Å². The number of halogens is 1. The summed E-state index contributed by atoms with van der Waals surface area (Å²) in [5.74, 6) is 1.48. The fraction of sp³-hybridized carbons (Fsp3) is 0.300. The van der Waals surface area contributed by atoms with Gasteiger partial charge in [-0.05, 0) is 66.3 Å². The summed E-state index contributed by atoms with van der Waals surface area (Å²) in [6, 6.07) is 21.3. The third kappa shape index (κ3) is 5.07. The van der Waals surface area contributed by atoms with Crippen LogP contribution in [0.2, 0.25) is 5.02 Å². The summed E-state index contributed by atoms with van der Waals surface area (Å²) in [7, 11) is 0. The Labute approximate surface area is 217 Å². The Morgan fingerprint density at radius 3 is 2.44 bits per heavy atom. The number of ketones is 1. The van der Waals surface area contributed by atoms with Crippen molar-refractivity contribution in [1.29, 1.82) is 0 Å². The molecule has 0 saturated carbocycles. The van der Waals surface area contributed by atoms with Gasteiger partial charge in [-0.3, -0.25) is 4.79 Å². The maximum Gasteiger partial charge on any atom is 0.163 e. The van der Waals surface area contributed by atoms with Crippen LogP contribution in [-0.2, 0) is 11.4 Å². The van der Waals surface area contributed by atoms with Gasteiger partial charge >= 0.3 is 0 Å². The first-order valence-electron chi connectivity index (χ1n) is 12.4. The van der Waals surface area contributed by atoms with Gasteiger partial charge in [-0.15, -0.1) is 0 Å².